The molecule has 1 rings (SSSR count). The highest BCUT2D eigenvalue weighted by Gasteiger charge is 2.03. The maximum Gasteiger partial charge on any atom is 0.139 e. The lowest BCUT2D eigenvalue weighted by Crippen LogP contribution is -1.92. The number of hydrogen-bond acceptors (Lipinski definition) is 2. The van der Waals surface area contributed by atoms with E-state index in [1.807, 2.05) is 12.1 Å². The van der Waals surface area contributed by atoms with Crippen LogP contribution in [0.5, 0.6) is 0 Å². The summed E-state index contributed by atoms with van der Waals surface area (Å²) >= 11 is 3.15. The smallest absolute Gasteiger partial charge is 0.139 e. The quantitative estimate of drug-likeness (QED) is 0.537. The molecule has 1 heterocycles. The molecule has 1 aromatic heterocycles. The first-order valence-electron chi connectivity index (χ1n) is 2.85. The number of carbonyl (C=O) groups is 1. The number of alkyl halides is 1. The summed E-state index contributed by atoms with van der Waals surface area (Å²) < 4.78 is 0. The minimum atomic E-state index is -0.270. The number of aldehydes is 1. The minimum absolute atomic E-state index is 0.270. The first-order valence-corrected chi connectivity index (χ1v) is 3.76. The van der Waals surface area contributed by atoms with Crippen LogP contribution in [0.4, 0.5) is 0 Å². The fraction of sp³-hybridized carbons (Fsp3) is 0.143. The summed E-state index contributed by atoms with van der Waals surface area (Å²) in [7, 11) is 0. The fourth-order valence-electron chi connectivity index (χ4n) is 0.609. The van der Waals surface area contributed by atoms with Gasteiger partial charge in [0, 0.05) is 6.20 Å². The largest absolute Gasteiger partial charge is 0.302 e. The van der Waals surface area contributed by atoms with Crippen molar-refractivity contribution in [2.75, 3.05) is 0 Å². The number of nitrogens with zero attached hydrogens (tertiary/aromatic N) is 1. The molecular formula is C7H6BrNO. The lowest BCUT2D eigenvalue weighted by molar-refractivity contribution is -0.107. The zero-order chi connectivity index (χ0) is 7.40. The molecule has 52 valence electrons. The molecule has 0 N–H and O–H groups in total. The zero-order valence-corrected chi connectivity index (χ0v) is 6.78. The fourth-order valence-corrected chi connectivity index (χ4v) is 0.880. The van der Waals surface area contributed by atoms with E-state index in [-0.39, 0.29) is 4.83 Å². The number of pyridine rings is 1. The van der Waals surface area contributed by atoms with Gasteiger partial charge in [-0.3, -0.25) is 4.98 Å². The molecule has 0 fully saturated rings. The third kappa shape index (κ3) is 1.64. The van der Waals surface area contributed by atoms with E-state index in [2.05, 4.69) is 20.9 Å². The summed E-state index contributed by atoms with van der Waals surface area (Å²) in [6.45, 7) is 0. The van der Waals surface area contributed by atoms with Crippen molar-refractivity contribution in [2.24, 2.45) is 0 Å². The first-order chi connectivity index (χ1) is 4.84. The Bertz CT molecular complexity index is 212. The summed E-state index contributed by atoms with van der Waals surface area (Å²) in [5.41, 5.74) is 0.748. The van der Waals surface area contributed by atoms with Crippen LogP contribution in [0.25, 0.3) is 0 Å². The molecule has 0 unspecified atom stereocenters. The molecule has 0 aliphatic rings. The summed E-state index contributed by atoms with van der Waals surface area (Å²) in [6, 6.07) is 5.46. The molecule has 0 aromatic carbocycles. The van der Waals surface area contributed by atoms with E-state index in [4.69, 9.17) is 0 Å². The third-order valence-electron chi connectivity index (χ3n) is 1.09. The van der Waals surface area contributed by atoms with E-state index in [1.54, 1.807) is 12.3 Å². The van der Waals surface area contributed by atoms with Gasteiger partial charge in [0.05, 0.1) is 5.69 Å². The van der Waals surface area contributed by atoms with Crippen LogP contribution in [0.1, 0.15) is 10.5 Å². The molecule has 0 amide bonds. The summed E-state index contributed by atoms with van der Waals surface area (Å²) in [4.78, 5) is 13.9. The van der Waals surface area contributed by atoms with Crippen molar-refractivity contribution in [3.63, 3.8) is 0 Å². The average molecular weight is 200 g/mol. The van der Waals surface area contributed by atoms with Crippen molar-refractivity contribution >= 4 is 22.2 Å². The van der Waals surface area contributed by atoms with E-state index in [0.717, 1.165) is 12.0 Å². The molecule has 0 saturated carbocycles. The number of halogens is 1. The predicted molar refractivity (Wildman–Crippen MR) is 42.0 cm³/mol. The van der Waals surface area contributed by atoms with Crippen LogP contribution in [0.2, 0.25) is 0 Å². The van der Waals surface area contributed by atoms with E-state index >= 15 is 0 Å². The Hall–Kier alpha value is -0.700. The van der Waals surface area contributed by atoms with Gasteiger partial charge in [0.15, 0.2) is 0 Å². The standard InChI is InChI=1S/C7H6BrNO/c8-6(5-10)7-3-1-2-4-9-7/h1-6H/t6-/m1/s1. The third-order valence-corrected chi connectivity index (χ3v) is 1.77. The van der Waals surface area contributed by atoms with Crippen LogP contribution >= 0.6 is 15.9 Å². The van der Waals surface area contributed by atoms with E-state index in [9.17, 15) is 4.79 Å². The Morgan fingerprint density at radius 1 is 1.60 bits per heavy atom. The predicted octanol–water partition coefficient (Wildman–Crippen LogP) is 1.72. The van der Waals surface area contributed by atoms with Gasteiger partial charge < -0.3 is 4.79 Å². The van der Waals surface area contributed by atoms with Crippen molar-refractivity contribution < 1.29 is 4.79 Å². The highest BCUT2D eigenvalue weighted by molar-refractivity contribution is 9.09. The maximum absolute atomic E-state index is 10.2. The Balaban J connectivity index is 2.84. The van der Waals surface area contributed by atoms with Crippen LogP contribution in [-0.4, -0.2) is 11.3 Å². The van der Waals surface area contributed by atoms with Gasteiger partial charge in [0.2, 0.25) is 0 Å². The lowest BCUT2D eigenvalue weighted by atomic mass is 10.3. The first kappa shape index (κ1) is 7.41. The molecule has 0 saturated heterocycles. The normalized spacial score (nSPS) is 12.5. The molecule has 0 radical (unpaired) electrons. The molecule has 1 atom stereocenters. The monoisotopic (exact) mass is 199 g/mol. The molecular weight excluding hydrogens is 194 g/mol. The van der Waals surface area contributed by atoms with Crippen molar-refractivity contribution in [2.45, 2.75) is 4.83 Å². The van der Waals surface area contributed by atoms with Gasteiger partial charge in [-0.15, -0.1) is 0 Å². The van der Waals surface area contributed by atoms with Crippen molar-refractivity contribution in [3.05, 3.63) is 30.1 Å². The van der Waals surface area contributed by atoms with Gasteiger partial charge in [-0.05, 0) is 12.1 Å². The van der Waals surface area contributed by atoms with Crippen LogP contribution in [0.3, 0.4) is 0 Å². The van der Waals surface area contributed by atoms with Crippen LogP contribution in [-0.2, 0) is 4.79 Å². The molecule has 10 heavy (non-hydrogen) atoms. The second-order valence-corrected chi connectivity index (χ2v) is 2.78. The van der Waals surface area contributed by atoms with Gasteiger partial charge in [-0.1, -0.05) is 22.0 Å². The number of hydrogen-bond donors (Lipinski definition) is 0. The second-order valence-electron chi connectivity index (χ2n) is 1.79. The Kier molecular flexibility index (Phi) is 2.57. The van der Waals surface area contributed by atoms with Crippen LogP contribution in [0.15, 0.2) is 24.4 Å². The highest BCUT2D eigenvalue weighted by Crippen LogP contribution is 2.15. The van der Waals surface area contributed by atoms with Crippen molar-refractivity contribution in [1.29, 1.82) is 0 Å². The Labute approximate surface area is 67.4 Å². The number of carbonyl (C=O) groups excluding carboxylic acids is 1. The molecule has 1 aromatic rings. The maximum atomic E-state index is 10.2. The molecule has 0 bridgehead atoms. The SMILES string of the molecule is O=C[C@@H](Br)c1ccccn1. The molecule has 0 aliphatic carbocycles. The topological polar surface area (TPSA) is 30.0 Å². The van der Waals surface area contributed by atoms with E-state index in [0.29, 0.717) is 0 Å². The van der Waals surface area contributed by atoms with Crippen LogP contribution in [0, 0.1) is 0 Å². The highest BCUT2D eigenvalue weighted by atomic mass is 79.9. The van der Waals surface area contributed by atoms with E-state index < -0.39 is 0 Å². The van der Waals surface area contributed by atoms with E-state index in [1.165, 1.54) is 0 Å². The molecule has 0 spiro atoms. The summed E-state index contributed by atoms with van der Waals surface area (Å²) in [5.74, 6) is 0. The summed E-state index contributed by atoms with van der Waals surface area (Å²) in [5, 5.41) is 0. The van der Waals surface area contributed by atoms with Crippen molar-refractivity contribution in [3.8, 4) is 0 Å². The number of aromatic nitrogens is 1. The van der Waals surface area contributed by atoms with Gasteiger partial charge in [-0.2, -0.15) is 0 Å². The minimum Gasteiger partial charge on any atom is -0.302 e. The lowest BCUT2D eigenvalue weighted by Gasteiger charge is -1.97. The number of rotatable bonds is 2. The van der Waals surface area contributed by atoms with Gasteiger partial charge >= 0.3 is 0 Å². The van der Waals surface area contributed by atoms with Gasteiger partial charge in [0.1, 0.15) is 11.1 Å². The second kappa shape index (κ2) is 3.46. The van der Waals surface area contributed by atoms with Crippen molar-refractivity contribution in [1.82, 2.24) is 4.98 Å². The van der Waals surface area contributed by atoms with Gasteiger partial charge in [-0.25, -0.2) is 0 Å². The Morgan fingerprint density at radius 2 is 2.40 bits per heavy atom. The van der Waals surface area contributed by atoms with Crippen LogP contribution < -0.4 is 0 Å². The Morgan fingerprint density at radius 3 is 2.90 bits per heavy atom. The summed E-state index contributed by atoms with van der Waals surface area (Å²) in [6.07, 6.45) is 2.47. The zero-order valence-electron chi connectivity index (χ0n) is 5.20. The average Bonchev–Trinajstić information content (AvgIpc) is 2.05. The van der Waals surface area contributed by atoms with Gasteiger partial charge in [0.25, 0.3) is 0 Å². The molecule has 0 aliphatic heterocycles. The molecule has 3 heteroatoms. The molecule has 2 nitrogen and oxygen atoms in total.